The molecule has 1 aromatic heterocycles. The van der Waals surface area contributed by atoms with E-state index >= 15 is 0 Å². The number of hydrogen-bond acceptors (Lipinski definition) is 4. The van der Waals surface area contributed by atoms with Crippen molar-refractivity contribution in [1.82, 2.24) is 10.3 Å². The summed E-state index contributed by atoms with van der Waals surface area (Å²) in [4.78, 5) is 3.90. The zero-order chi connectivity index (χ0) is 16.8. The maximum atomic E-state index is 12.5. The Morgan fingerprint density at radius 2 is 1.91 bits per heavy atom. The molecule has 0 aliphatic rings. The van der Waals surface area contributed by atoms with Crippen molar-refractivity contribution >= 4 is 0 Å². The van der Waals surface area contributed by atoms with Crippen LogP contribution in [0.25, 0.3) is 0 Å². The van der Waals surface area contributed by atoms with Gasteiger partial charge in [-0.25, -0.2) is 0 Å². The van der Waals surface area contributed by atoms with Gasteiger partial charge in [0.25, 0.3) is 0 Å². The molecule has 0 radical (unpaired) electrons. The number of aryl methyl sites for hydroxylation is 1. The van der Waals surface area contributed by atoms with Crippen LogP contribution in [0, 0.1) is 6.92 Å². The molecule has 2 N–H and O–H groups in total. The van der Waals surface area contributed by atoms with Gasteiger partial charge in [0.15, 0.2) is 0 Å². The average molecular weight is 322 g/mol. The minimum absolute atomic E-state index is 0.143. The average Bonchev–Trinajstić information content (AvgIpc) is 2.54. The number of alkyl halides is 2. The summed E-state index contributed by atoms with van der Waals surface area (Å²) in [6, 6.07) is 8.27. The van der Waals surface area contributed by atoms with E-state index in [-0.39, 0.29) is 18.3 Å². The lowest BCUT2D eigenvalue weighted by Crippen LogP contribution is -2.25. The number of aromatic nitrogens is 1. The first-order valence-electron chi connectivity index (χ1n) is 7.34. The molecular weight excluding hydrogens is 302 g/mol. The van der Waals surface area contributed by atoms with E-state index in [2.05, 4.69) is 15.0 Å². The van der Waals surface area contributed by atoms with Crippen molar-refractivity contribution in [2.24, 2.45) is 0 Å². The highest BCUT2D eigenvalue weighted by Gasteiger charge is 2.16. The second kappa shape index (κ2) is 7.99. The Labute approximate surface area is 134 Å². The number of halogens is 2. The third kappa shape index (κ3) is 4.97. The molecule has 2 unspecified atom stereocenters. The van der Waals surface area contributed by atoms with Crippen molar-refractivity contribution in [3.63, 3.8) is 0 Å². The molecule has 0 amide bonds. The number of nitrogens with zero attached hydrogens (tertiary/aromatic N) is 1. The first-order valence-corrected chi connectivity index (χ1v) is 7.34. The standard InChI is InChI=1S/C17H20F2N2O2/c1-11-3-4-16(23-17(18)19)14(9-11)12(2)21-10-15(22)13-5-7-20-8-6-13/h3-9,12,15,17,21-22H,10H2,1-2H3. The van der Waals surface area contributed by atoms with Crippen molar-refractivity contribution < 1.29 is 18.6 Å². The first-order chi connectivity index (χ1) is 11.0. The second-order valence-corrected chi connectivity index (χ2v) is 5.35. The molecule has 2 atom stereocenters. The largest absolute Gasteiger partial charge is 0.434 e. The van der Waals surface area contributed by atoms with Crippen LogP contribution in [-0.2, 0) is 0 Å². The van der Waals surface area contributed by atoms with Gasteiger partial charge in [-0.1, -0.05) is 17.7 Å². The van der Waals surface area contributed by atoms with Crippen LogP contribution in [0.4, 0.5) is 8.78 Å². The van der Waals surface area contributed by atoms with E-state index in [0.717, 1.165) is 11.1 Å². The number of ether oxygens (including phenoxy) is 1. The van der Waals surface area contributed by atoms with E-state index in [1.54, 1.807) is 36.7 Å². The van der Waals surface area contributed by atoms with Crippen LogP contribution >= 0.6 is 0 Å². The van der Waals surface area contributed by atoms with Crippen molar-refractivity contribution in [1.29, 1.82) is 0 Å². The molecule has 124 valence electrons. The maximum Gasteiger partial charge on any atom is 0.387 e. The van der Waals surface area contributed by atoms with Crippen molar-refractivity contribution in [2.75, 3.05) is 6.54 Å². The molecule has 0 aliphatic carbocycles. The van der Waals surface area contributed by atoms with Gasteiger partial charge in [0.1, 0.15) is 5.75 Å². The fourth-order valence-electron chi connectivity index (χ4n) is 2.31. The Hall–Kier alpha value is -2.05. The van der Waals surface area contributed by atoms with Crippen molar-refractivity contribution in [2.45, 2.75) is 32.6 Å². The van der Waals surface area contributed by atoms with E-state index in [1.165, 1.54) is 6.07 Å². The van der Waals surface area contributed by atoms with Gasteiger partial charge in [-0.05, 0) is 37.6 Å². The minimum Gasteiger partial charge on any atom is -0.434 e. The lowest BCUT2D eigenvalue weighted by molar-refractivity contribution is -0.0507. The van der Waals surface area contributed by atoms with Gasteiger partial charge >= 0.3 is 6.61 Å². The molecule has 1 aromatic carbocycles. The lowest BCUT2D eigenvalue weighted by Gasteiger charge is -2.20. The number of nitrogens with one attached hydrogen (secondary N) is 1. The summed E-state index contributed by atoms with van der Waals surface area (Å²) in [6.45, 7) is 1.14. The Kier molecular flexibility index (Phi) is 6.01. The zero-order valence-electron chi connectivity index (χ0n) is 13.0. The monoisotopic (exact) mass is 322 g/mol. The molecule has 0 fully saturated rings. The van der Waals surface area contributed by atoms with Crippen molar-refractivity contribution in [3.05, 3.63) is 59.4 Å². The highest BCUT2D eigenvalue weighted by Crippen LogP contribution is 2.28. The zero-order valence-corrected chi connectivity index (χ0v) is 13.0. The van der Waals surface area contributed by atoms with E-state index in [0.29, 0.717) is 5.56 Å². The molecule has 2 rings (SSSR count). The molecule has 6 heteroatoms. The second-order valence-electron chi connectivity index (χ2n) is 5.35. The summed E-state index contributed by atoms with van der Waals surface area (Å²) in [7, 11) is 0. The lowest BCUT2D eigenvalue weighted by atomic mass is 10.0. The SMILES string of the molecule is Cc1ccc(OC(F)F)c(C(C)NCC(O)c2ccncc2)c1. The minimum atomic E-state index is -2.87. The van der Waals surface area contributed by atoms with Crippen LogP contribution < -0.4 is 10.1 Å². The molecule has 23 heavy (non-hydrogen) atoms. The molecule has 0 saturated carbocycles. The molecule has 1 heterocycles. The van der Waals surface area contributed by atoms with E-state index in [4.69, 9.17) is 0 Å². The van der Waals surface area contributed by atoms with Crippen LogP contribution in [0.2, 0.25) is 0 Å². The summed E-state index contributed by atoms with van der Waals surface area (Å²) in [5.74, 6) is 0.143. The van der Waals surface area contributed by atoms with Gasteiger partial charge in [0.05, 0.1) is 6.10 Å². The third-order valence-electron chi connectivity index (χ3n) is 3.56. The fraction of sp³-hybridized carbons (Fsp3) is 0.353. The molecule has 0 saturated heterocycles. The normalized spacial score (nSPS) is 13.8. The summed E-state index contributed by atoms with van der Waals surface area (Å²) in [6.07, 6.45) is 2.51. The number of pyridine rings is 1. The van der Waals surface area contributed by atoms with Crippen LogP contribution in [0.3, 0.4) is 0 Å². The predicted octanol–water partition coefficient (Wildman–Crippen LogP) is 3.38. The number of hydrogen-bond donors (Lipinski definition) is 2. The van der Waals surface area contributed by atoms with Gasteiger partial charge in [-0.3, -0.25) is 4.98 Å². The van der Waals surface area contributed by atoms with Crippen LogP contribution in [-0.4, -0.2) is 23.2 Å². The Bertz CT molecular complexity index is 623. The van der Waals surface area contributed by atoms with Crippen LogP contribution in [0.1, 0.15) is 35.8 Å². The van der Waals surface area contributed by atoms with Gasteiger partial charge in [0.2, 0.25) is 0 Å². The highest BCUT2D eigenvalue weighted by molar-refractivity contribution is 5.39. The van der Waals surface area contributed by atoms with Gasteiger partial charge in [0, 0.05) is 30.5 Å². The number of benzene rings is 1. The van der Waals surface area contributed by atoms with Gasteiger partial charge in [-0.15, -0.1) is 0 Å². The molecule has 4 nitrogen and oxygen atoms in total. The van der Waals surface area contributed by atoms with E-state index < -0.39 is 12.7 Å². The smallest absolute Gasteiger partial charge is 0.387 e. The predicted molar refractivity (Wildman–Crippen MR) is 83.4 cm³/mol. The van der Waals surface area contributed by atoms with E-state index in [9.17, 15) is 13.9 Å². The quantitative estimate of drug-likeness (QED) is 0.820. The Morgan fingerprint density at radius 1 is 1.22 bits per heavy atom. The van der Waals surface area contributed by atoms with Gasteiger partial charge in [-0.2, -0.15) is 8.78 Å². The summed E-state index contributed by atoms with van der Waals surface area (Å²) >= 11 is 0. The highest BCUT2D eigenvalue weighted by atomic mass is 19.3. The van der Waals surface area contributed by atoms with Crippen molar-refractivity contribution in [3.8, 4) is 5.75 Å². The first kappa shape index (κ1) is 17.3. The Morgan fingerprint density at radius 3 is 2.57 bits per heavy atom. The van der Waals surface area contributed by atoms with Gasteiger partial charge < -0.3 is 15.2 Å². The molecule has 0 aliphatic heterocycles. The molecule has 0 spiro atoms. The topological polar surface area (TPSA) is 54.4 Å². The third-order valence-corrected chi connectivity index (χ3v) is 3.56. The molecule has 0 bridgehead atoms. The number of rotatable bonds is 7. The Balaban J connectivity index is 2.05. The molecule has 2 aromatic rings. The number of aliphatic hydroxyl groups is 1. The summed E-state index contributed by atoms with van der Waals surface area (Å²) in [5, 5.41) is 13.3. The van der Waals surface area contributed by atoms with Crippen LogP contribution in [0.5, 0.6) is 5.75 Å². The maximum absolute atomic E-state index is 12.5. The van der Waals surface area contributed by atoms with Crippen LogP contribution in [0.15, 0.2) is 42.7 Å². The number of aliphatic hydroxyl groups excluding tert-OH is 1. The summed E-state index contributed by atoms with van der Waals surface area (Å²) in [5.41, 5.74) is 2.32. The molecular formula is C17H20F2N2O2. The fourth-order valence-corrected chi connectivity index (χ4v) is 2.31. The van der Waals surface area contributed by atoms with E-state index in [1.807, 2.05) is 13.8 Å². The summed E-state index contributed by atoms with van der Waals surface area (Å²) < 4.78 is 29.6.